The third-order valence-corrected chi connectivity index (χ3v) is 7.24. The van der Waals surface area contributed by atoms with Crippen LogP contribution in [0, 0.1) is 17.8 Å². The fourth-order valence-electron chi connectivity index (χ4n) is 5.83. The summed E-state index contributed by atoms with van der Waals surface area (Å²) in [7, 11) is 0. The number of hydrogen-bond donors (Lipinski definition) is 7. The lowest BCUT2D eigenvalue weighted by Crippen LogP contribution is -2.74. The molecule has 1 fully saturated rings. The van der Waals surface area contributed by atoms with Crippen LogP contribution in [0.5, 0.6) is 5.75 Å². The van der Waals surface area contributed by atoms with Crippen molar-refractivity contribution in [2.75, 3.05) is 6.54 Å². The average molecular weight is 446 g/mol. The predicted molar refractivity (Wildman–Crippen MR) is 110 cm³/mol. The van der Waals surface area contributed by atoms with Crippen molar-refractivity contribution in [2.45, 2.75) is 43.6 Å². The van der Waals surface area contributed by atoms with Crippen LogP contribution in [-0.4, -0.2) is 73.4 Å². The number of benzene rings is 1. The maximum Gasteiger partial charge on any atom is 0.230 e. The minimum Gasteiger partial charge on any atom is -0.508 e. The number of phenolic OH excluding ortho intramolecular Hbond substituents is 1. The number of primary amides is 1. The van der Waals surface area contributed by atoms with E-state index in [1.165, 1.54) is 6.07 Å². The average Bonchev–Trinajstić information content (AvgIpc) is 2.72. The molecule has 0 aromatic heterocycles. The number of nitrogens with one attached hydrogen (secondary N) is 1. The van der Waals surface area contributed by atoms with Gasteiger partial charge >= 0.3 is 0 Å². The summed E-state index contributed by atoms with van der Waals surface area (Å²) in [4.78, 5) is 38.5. The van der Waals surface area contributed by atoms with E-state index in [0.29, 0.717) is 5.56 Å². The fraction of sp³-hybridized carbons (Fsp3) is 0.500. The summed E-state index contributed by atoms with van der Waals surface area (Å²) in [6.45, 7) is 3.61. The summed E-state index contributed by atoms with van der Waals surface area (Å²) in [5, 5.41) is 58.0. The lowest BCUT2D eigenvalue weighted by molar-refractivity contribution is -0.186. The van der Waals surface area contributed by atoms with Crippen LogP contribution in [0.1, 0.15) is 35.7 Å². The first-order valence-electron chi connectivity index (χ1n) is 10.5. The minimum atomic E-state index is -2.84. The molecule has 0 aliphatic heterocycles. The zero-order valence-electron chi connectivity index (χ0n) is 17.5. The van der Waals surface area contributed by atoms with Crippen LogP contribution in [0.25, 0.3) is 0 Å². The van der Waals surface area contributed by atoms with Gasteiger partial charge in [-0.3, -0.25) is 14.4 Å². The van der Waals surface area contributed by atoms with E-state index in [0.717, 1.165) is 0 Å². The van der Waals surface area contributed by atoms with Gasteiger partial charge in [-0.2, -0.15) is 0 Å². The molecule has 3 aliphatic rings. The number of aromatic hydroxyl groups is 1. The van der Waals surface area contributed by atoms with E-state index in [2.05, 4.69) is 5.32 Å². The molecule has 172 valence electrons. The second-order valence-electron chi connectivity index (χ2n) is 8.75. The van der Waals surface area contributed by atoms with E-state index >= 15 is 0 Å². The number of hydrogen-bond acceptors (Lipinski definition) is 9. The zero-order valence-corrected chi connectivity index (χ0v) is 17.5. The molecule has 3 aliphatic carbocycles. The molecule has 0 radical (unpaired) electrons. The van der Waals surface area contributed by atoms with Gasteiger partial charge in [0.25, 0.3) is 0 Å². The second-order valence-corrected chi connectivity index (χ2v) is 8.75. The van der Waals surface area contributed by atoms with Crippen LogP contribution in [0.2, 0.25) is 0 Å². The molecule has 32 heavy (non-hydrogen) atoms. The molecule has 1 amide bonds. The van der Waals surface area contributed by atoms with E-state index < -0.39 is 76.3 Å². The summed E-state index contributed by atoms with van der Waals surface area (Å²) >= 11 is 0. The van der Waals surface area contributed by atoms with Gasteiger partial charge in [-0.05, 0) is 24.1 Å². The van der Waals surface area contributed by atoms with Crippen molar-refractivity contribution in [3.63, 3.8) is 0 Å². The summed E-state index contributed by atoms with van der Waals surface area (Å²) in [6, 6.07) is 3.27. The number of fused-ring (bicyclic) bond motifs is 3. The SMILES string of the molecule is CCNC1C(O)C(C(N)=O)C(=O)C2(O)C(O)=C3C(=O)c4c(O)cccc4C(C)C3C(O)C12. The molecule has 8 atom stereocenters. The van der Waals surface area contributed by atoms with Gasteiger partial charge in [0.05, 0.1) is 17.8 Å². The molecule has 1 saturated carbocycles. The first kappa shape index (κ1) is 22.4. The number of likely N-dealkylation sites (N-methyl/N-ethyl adjacent to an activating group) is 1. The molecule has 10 heteroatoms. The molecule has 4 rings (SSSR count). The Morgan fingerprint density at radius 2 is 1.84 bits per heavy atom. The number of aliphatic hydroxyl groups excluding tert-OH is 3. The van der Waals surface area contributed by atoms with Crippen molar-refractivity contribution < 1.29 is 39.9 Å². The number of nitrogens with two attached hydrogens (primary N) is 1. The molecule has 10 nitrogen and oxygen atoms in total. The molecular formula is C22H26N2O8. The Hall–Kier alpha value is -2.79. The normalized spacial score (nSPS) is 38.7. The minimum absolute atomic E-state index is 0.0926. The molecule has 8 unspecified atom stereocenters. The first-order valence-corrected chi connectivity index (χ1v) is 10.5. The Kier molecular flexibility index (Phi) is 5.17. The maximum absolute atomic E-state index is 13.3. The Morgan fingerprint density at radius 1 is 1.19 bits per heavy atom. The van der Waals surface area contributed by atoms with Crippen molar-refractivity contribution in [3.8, 4) is 5.75 Å². The van der Waals surface area contributed by atoms with E-state index in [9.17, 15) is 39.9 Å². The smallest absolute Gasteiger partial charge is 0.230 e. The number of Topliss-reactive ketones (excluding diaryl/α,β-unsaturated/α-hetero) is 2. The molecule has 1 aromatic rings. The monoisotopic (exact) mass is 446 g/mol. The van der Waals surface area contributed by atoms with Gasteiger partial charge in [-0.1, -0.05) is 26.0 Å². The van der Waals surface area contributed by atoms with Crippen molar-refractivity contribution in [1.29, 1.82) is 0 Å². The number of carbonyl (C=O) groups excluding carboxylic acids is 3. The Bertz CT molecular complexity index is 1050. The van der Waals surface area contributed by atoms with Gasteiger partial charge < -0.3 is 36.6 Å². The maximum atomic E-state index is 13.3. The summed E-state index contributed by atoms with van der Waals surface area (Å²) in [5.41, 5.74) is 2.42. The quantitative estimate of drug-likeness (QED) is 0.281. The van der Waals surface area contributed by atoms with E-state index in [-0.39, 0.29) is 17.9 Å². The first-order chi connectivity index (χ1) is 15.0. The third-order valence-electron chi connectivity index (χ3n) is 7.24. The van der Waals surface area contributed by atoms with Gasteiger partial charge in [-0.15, -0.1) is 0 Å². The van der Waals surface area contributed by atoms with Crippen molar-refractivity contribution in [1.82, 2.24) is 5.32 Å². The highest BCUT2D eigenvalue weighted by Gasteiger charge is 2.69. The molecule has 0 spiro atoms. The summed E-state index contributed by atoms with van der Waals surface area (Å²) in [6.07, 6.45) is -3.23. The van der Waals surface area contributed by atoms with Gasteiger partial charge in [0.2, 0.25) is 5.91 Å². The Balaban J connectivity index is 2.00. The zero-order chi connectivity index (χ0) is 23.7. The number of amides is 1. The van der Waals surface area contributed by atoms with Gasteiger partial charge in [0.15, 0.2) is 17.2 Å². The van der Waals surface area contributed by atoms with Crippen LogP contribution in [-0.2, 0) is 9.59 Å². The van der Waals surface area contributed by atoms with E-state index in [1.54, 1.807) is 26.0 Å². The predicted octanol–water partition coefficient (Wildman–Crippen LogP) is -1.13. The van der Waals surface area contributed by atoms with Gasteiger partial charge in [-0.25, -0.2) is 0 Å². The van der Waals surface area contributed by atoms with Crippen molar-refractivity contribution >= 4 is 17.5 Å². The molecule has 0 bridgehead atoms. The molecule has 0 heterocycles. The molecular weight excluding hydrogens is 420 g/mol. The number of aliphatic hydroxyl groups is 4. The number of phenols is 1. The third kappa shape index (κ3) is 2.64. The number of rotatable bonds is 3. The van der Waals surface area contributed by atoms with Crippen molar-refractivity contribution in [2.24, 2.45) is 23.5 Å². The highest BCUT2D eigenvalue weighted by Crippen LogP contribution is 2.54. The van der Waals surface area contributed by atoms with E-state index in [4.69, 9.17) is 5.73 Å². The standard InChI is InChI=1S/C22H26N2O8/c1-3-24-15-14-17(27)10-7(2)8-5-4-6-9(25)11(8)16(26)12(10)19(29)22(14,32)20(30)13(18(15)28)21(23)31/h4-7,10,13-15,17-18,24-25,27-29,32H,3H2,1-2H3,(H2,23,31). The second kappa shape index (κ2) is 7.38. The van der Waals surface area contributed by atoms with Crippen LogP contribution in [0.4, 0.5) is 0 Å². The van der Waals surface area contributed by atoms with Crippen LogP contribution < -0.4 is 11.1 Å². The summed E-state index contributed by atoms with van der Waals surface area (Å²) < 4.78 is 0. The summed E-state index contributed by atoms with van der Waals surface area (Å²) in [5.74, 6) is -9.63. The van der Waals surface area contributed by atoms with Crippen LogP contribution >= 0.6 is 0 Å². The Morgan fingerprint density at radius 3 is 2.44 bits per heavy atom. The fourth-order valence-corrected chi connectivity index (χ4v) is 5.83. The highest BCUT2D eigenvalue weighted by molar-refractivity contribution is 6.15. The van der Waals surface area contributed by atoms with Crippen LogP contribution in [0.15, 0.2) is 29.5 Å². The topological polar surface area (TPSA) is 190 Å². The van der Waals surface area contributed by atoms with Crippen molar-refractivity contribution in [3.05, 3.63) is 40.7 Å². The highest BCUT2D eigenvalue weighted by atomic mass is 16.4. The molecule has 1 aromatic carbocycles. The number of carbonyl (C=O) groups is 3. The molecule has 8 N–H and O–H groups in total. The number of ketones is 2. The van der Waals surface area contributed by atoms with E-state index in [1.807, 2.05) is 0 Å². The van der Waals surface area contributed by atoms with Crippen LogP contribution in [0.3, 0.4) is 0 Å². The lowest BCUT2D eigenvalue weighted by Gasteiger charge is -2.55. The Labute approximate surface area is 183 Å². The van der Waals surface area contributed by atoms with Gasteiger partial charge in [0.1, 0.15) is 17.4 Å². The van der Waals surface area contributed by atoms with Gasteiger partial charge in [0, 0.05) is 23.5 Å². The lowest BCUT2D eigenvalue weighted by atomic mass is 9.53. The molecule has 0 saturated heterocycles. The largest absolute Gasteiger partial charge is 0.508 e.